The van der Waals surface area contributed by atoms with Crippen LogP contribution in [0.5, 0.6) is 5.75 Å². The molecule has 0 fully saturated rings. The Balaban J connectivity index is 1.77. The van der Waals surface area contributed by atoms with Crippen LogP contribution in [0.25, 0.3) is 5.76 Å². The van der Waals surface area contributed by atoms with Crippen molar-refractivity contribution in [1.29, 1.82) is 0 Å². The molecule has 0 spiro atoms. The van der Waals surface area contributed by atoms with Crippen LogP contribution in [0.15, 0.2) is 63.7 Å². The van der Waals surface area contributed by atoms with Gasteiger partial charge in [0.15, 0.2) is 23.1 Å². The van der Waals surface area contributed by atoms with Gasteiger partial charge in [-0.25, -0.2) is 18.1 Å². The fourth-order valence-electron chi connectivity index (χ4n) is 4.06. The maximum absolute atomic E-state index is 13.3. The van der Waals surface area contributed by atoms with Gasteiger partial charge in [0.25, 0.3) is 0 Å². The van der Waals surface area contributed by atoms with Crippen molar-refractivity contribution >= 4 is 38.7 Å². The Bertz CT molecular complexity index is 1420. The van der Waals surface area contributed by atoms with Crippen LogP contribution >= 0.6 is 0 Å². The normalized spacial score (nSPS) is 19.5. The van der Waals surface area contributed by atoms with Gasteiger partial charge in [0.1, 0.15) is 22.3 Å². The second-order valence-corrected chi connectivity index (χ2v) is 9.25. The fourth-order valence-corrected chi connectivity index (χ4v) is 5.01. The summed E-state index contributed by atoms with van der Waals surface area (Å²) in [6.45, 7) is 1.71. The standard InChI is InChI=1S/C22H16N2O6S/c1-10-7-13-22(16(8-10)31(28,29)23-2)30-15-9-14(25)17-18(19(15)24-13)21(27)12-6-4-3-5-11(12)20(17)26/h3-9,18,23,26H,1-2H3. The summed E-state index contributed by atoms with van der Waals surface area (Å²) < 4.78 is 33.1. The third-order valence-corrected chi connectivity index (χ3v) is 6.92. The van der Waals surface area contributed by atoms with Gasteiger partial charge in [-0.05, 0) is 31.7 Å². The third-order valence-electron chi connectivity index (χ3n) is 5.50. The number of aliphatic hydroxyl groups is 1. The van der Waals surface area contributed by atoms with E-state index in [1.807, 2.05) is 0 Å². The van der Waals surface area contributed by atoms with Gasteiger partial charge in [0.05, 0.1) is 11.3 Å². The first-order valence-electron chi connectivity index (χ1n) is 9.40. The number of carbonyl (C=O) groups is 2. The van der Waals surface area contributed by atoms with Crippen molar-refractivity contribution in [3.8, 4) is 5.75 Å². The van der Waals surface area contributed by atoms with Crippen molar-refractivity contribution in [2.45, 2.75) is 11.8 Å². The molecule has 0 aromatic heterocycles. The first kappa shape index (κ1) is 19.4. The molecule has 1 heterocycles. The molecule has 0 bridgehead atoms. The topological polar surface area (TPSA) is 122 Å². The van der Waals surface area contributed by atoms with E-state index in [1.54, 1.807) is 37.3 Å². The molecular formula is C22H16N2O6S. The largest absolute Gasteiger partial charge is 0.507 e. The van der Waals surface area contributed by atoms with Gasteiger partial charge < -0.3 is 9.84 Å². The molecule has 0 saturated carbocycles. The van der Waals surface area contributed by atoms with E-state index in [1.165, 1.54) is 13.1 Å². The lowest BCUT2D eigenvalue weighted by Crippen LogP contribution is -2.39. The lowest BCUT2D eigenvalue weighted by molar-refractivity contribution is -0.111. The predicted octanol–water partition coefficient (Wildman–Crippen LogP) is 2.62. The number of sulfonamides is 1. The van der Waals surface area contributed by atoms with Crippen LogP contribution in [0, 0.1) is 12.8 Å². The highest BCUT2D eigenvalue weighted by atomic mass is 32.2. The Morgan fingerprint density at radius 1 is 1.13 bits per heavy atom. The minimum atomic E-state index is -3.87. The SMILES string of the molecule is CNS(=O)(=O)c1cc(C)cc2c1OC1=CC(=O)C3=C(O)c4ccccc4C(=O)C3C1=N2. The van der Waals surface area contributed by atoms with Gasteiger partial charge >= 0.3 is 0 Å². The zero-order chi connectivity index (χ0) is 22.1. The van der Waals surface area contributed by atoms with E-state index in [9.17, 15) is 23.1 Å². The summed E-state index contributed by atoms with van der Waals surface area (Å²) in [6.07, 6.45) is 1.13. The number of ether oxygens (including phenoxy) is 1. The van der Waals surface area contributed by atoms with Gasteiger partial charge in [-0.2, -0.15) is 0 Å². The highest BCUT2D eigenvalue weighted by molar-refractivity contribution is 7.89. The Kier molecular flexibility index (Phi) is 4.05. The van der Waals surface area contributed by atoms with E-state index in [0.29, 0.717) is 11.1 Å². The summed E-state index contributed by atoms with van der Waals surface area (Å²) in [5.74, 6) is -2.42. The smallest absolute Gasteiger partial charge is 0.244 e. The molecule has 3 aliphatic rings. The number of allylic oxidation sites excluding steroid dienone is 3. The number of nitrogens with zero attached hydrogens (tertiary/aromatic N) is 1. The molecule has 5 rings (SSSR count). The van der Waals surface area contributed by atoms with E-state index < -0.39 is 21.7 Å². The highest BCUT2D eigenvalue weighted by Crippen LogP contribution is 2.46. The summed E-state index contributed by atoms with van der Waals surface area (Å²) in [4.78, 5) is 30.5. The first-order chi connectivity index (χ1) is 14.7. The fraction of sp³-hybridized carbons (Fsp3) is 0.136. The summed E-state index contributed by atoms with van der Waals surface area (Å²) >= 11 is 0. The van der Waals surface area contributed by atoms with E-state index in [4.69, 9.17) is 4.74 Å². The number of Topliss-reactive ketones (excluding diaryl/α,β-unsaturated/α-hetero) is 1. The number of ketones is 2. The maximum Gasteiger partial charge on any atom is 0.244 e. The number of hydrogen-bond acceptors (Lipinski definition) is 7. The molecule has 1 unspecified atom stereocenters. The molecule has 31 heavy (non-hydrogen) atoms. The van der Waals surface area contributed by atoms with E-state index in [2.05, 4.69) is 9.71 Å². The Morgan fingerprint density at radius 2 is 1.84 bits per heavy atom. The molecule has 1 aliphatic heterocycles. The lowest BCUT2D eigenvalue weighted by atomic mass is 9.73. The Morgan fingerprint density at radius 3 is 2.55 bits per heavy atom. The van der Waals surface area contributed by atoms with Crippen LogP contribution in [-0.2, 0) is 14.8 Å². The van der Waals surface area contributed by atoms with Gasteiger partial charge in [-0.1, -0.05) is 24.3 Å². The number of hydrogen-bond donors (Lipinski definition) is 2. The number of nitrogens with one attached hydrogen (secondary N) is 1. The van der Waals surface area contributed by atoms with E-state index >= 15 is 0 Å². The van der Waals surface area contributed by atoms with Crippen molar-refractivity contribution in [3.05, 3.63) is 70.5 Å². The summed E-state index contributed by atoms with van der Waals surface area (Å²) in [5.41, 5.74) is 1.51. The van der Waals surface area contributed by atoms with Crippen LogP contribution in [0.4, 0.5) is 5.69 Å². The molecular weight excluding hydrogens is 420 g/mol. The molecule has 9 heteroatoms. The average Bonchev–Trinajstić information content (AvgIpc) is 2.75. The van der Waals surface area contributed by atoms with E-state index in [-0.39, 0.29) is 50.5 Å². The summed E-state index contributed by atoms with van der Waals surface area (Å²) in [6, 6.07) is 9.56. The van der Waals surface area contributed by atoms with Crippen LogP contribution in [-0.4, -0.2) is 37.9 Å². The van der Waals surface area contributed by atoms with Crippen LogP contribution in [0.1, 0.15) is 21.5 Å². The molecule has 2 aromatic carbocycles. The van der Waals surface area contributed by atoms with Gasteiger partial charge in [0, 0.05) is 17.2 Å². The van der Waals surface area contributed by atoms with Crippen LogP contribution in [0.3, 0.4) is 0 Å². The van der Waals surface area contributed by atoms with Crippen molar-refractivity contribution in [1.82, 2.24) is 4.72 Å². The van der Waals surface area contributed by atoms with Gasteiger partial charge in [-0.3, -0.25) is 9.59 Å². The lowest BCUT2D eigenvalue weighted by Gasteiger charge is -2.32. The minimum absolute atomic E-state index is 0.0109. The van der Waals surface area contributed by atoms with Crippen LogP contribution < -0.4 is 9.46 Å². The minimum Gasteiger partial charge on any atom is -0.507 e. The number of aliphatic imine (C=N–C) groups is 1. The maximum atomic E-state index is 13.3. The van der Waals surface area contributed by atoms with Crippen molar-refractivity contribution in [3.63, 3.8) is 0 Å². The van der Waals surface area contributed by atoms with Crippen molar-refractivity contribution < 1.29 is 27.9 Å². The molecule has 2 aliphatic carbocycles. The number of fused-ring (bicyclic) bond motifs is 5. The molecule has 0 amide bonds. The zero-order valence-corrected chi connectivity index (χ0v) is 17.3. The molecule has 156 valence electrons. The second-order valence-electron chi connectivity index (χ2n) is 7.40. The number of aryl methyl sites for hydroxylation is 1. The zero-order valence-electron chi connectivity index (χ0n) is 16.5. The van der Waals surface area contributed by atoms with Gasteiger partial charge in [0.2, 0.25) is 10.0 Å². The third kappa shape index (κ3) is 2.70. The summed E-state index contributed by atoms with van der Waals surface area (Å²) in [7, 11) is -2.59. The molecule has 8 nitrogen and oxygen atoms in total. The summed E-state index contributed by atoms with van der Waals surface area (Å²) in [5, 5.41) is 10.8. The monoisotopic (exact) mass is 436 g/mol. The Hall–Kier alpha value is -3.56. The molecule has 1 atom stereocenters. The molecule has 0 radical (unpaired) electrons. The molecule has 2 aromatic rings. The van der Waals surface area contributed by atoms with Gasteiger partial charge in [-0.15, -0.1) is 0 Å². The number of carbonyl (C=O) groups excluding carboxylic acids is 2. The van der Waals surface area contributed by atoms with Crippen LogP contribution in [0.2, 0.25) is 0 Å². The average molecular weight is 436 g/mol. The first-order valence-corrected chi connectivity index (χ1v) is 10.9. The second kappa shape index (κ2) is 6.47. The number of benzene rings is 2. The predicted molar refractivity (Wildman–Crippen MR) is 112 cm³/mol. The number of aliphatic hydroxyl groups excluding tert-OH is 1. The molecule has 0 saturated heterocycles. The highest BCUT2D eigenvalue weighted by Gasteiger charge is 2.46. The van der Waals surface area contributed by atoms with Crippen molar-refractivity contribution in [2.75, 3.05) is 7.05 Å². The molecule has 2 N–H and O–H groups in total. The van der Waals surface area contributed by atoms with Crippen molar-refractivity contribution in [2.24, 2.45) is 10.9 Å². The van der Waals surface area contributed by atoms with E-state index in [0.717, 1.165) is 6.08 Å². The quantitative estimate of drug-likeness (QED) is 0.746. The Labute approximate surface area is 177 Å². The number of rotatable bonds is 2.